The summed E-state index contributed by atoms with van der Waals surface area (Å²) >= 11 is 0. The predicted octanol–water partition coefficient (Wildman–Crippen LogP) is 0.436. The number of aromatic nitrogens is 2. The number of hydrogen-bond donors (Lipinski definition) is 2. The molecule has 0 bridgehead atoms. The lowest BCUT2D eigenvalue weighted by molar-refractivity contribution is 0.0267. The Labute approximate surface area is 113 Å². The molecule has 1 fully saturated rings. The Hall–Kier alpha value is -1.40. The third-order valence-corrected chi connectivity index (χ3v) is 3.43. The Morgan fingerprint density at radius 2 is 2.26 bits per heavy atom. The summed E-state index contributed by atoms with van der Waals surface area (Å²) in [7, 11) is 1.79. The minimum Gasteiger partial charge on any atom is -0.376 e. The van der Waals surface area contributed by atoms with Crippen molar-refractivity contribution in [2.75, 3.05) is 13.2 Å². The maximum Gasteiger partial charge on any atom is 0.254 e. The van der Waals surface area contributed by atoms with Crippen LogP contribution in [0.4, 0.5) is 0 Å². The Balaban J connectivity index is 1.60. The average Bonchev–Trinajstić information content (AvgIpc) is 2.83. The van der Waals surface area contributed by atoms with Crippen molar-refractivity contribution in [2.45, 2.75) is 37.8 Å². The van der Waals surface area contributed by atoms with Gasteiger partial charge < -0.3 is 15.8 Å². The molecule has 106 valence electrons. The Morgan fingerprint density at radius 1 is 1.53 bits per heavy atom. The zero-order valence-corrected chi connectivity index (χ0v) is 11.3. The third kappa shape index (κ3) is 4.33. The Morgan fingerprint density at radius 3 is 2.89 bits per heavy atom. The predicted molar refractivity (Wildman–Crippen MR) is 71.7 cm³/mol. The van der Waals surface area contributed by atoms with E-state index in [1.165, 1.54) is 0 Å². The normalized spacial score (nSPS) is 23.3. The number of nitrogens with one attached hydrogen (secondary N) is 1. The highest BCUT2D eigenvalue weighted by Crippen LogP contribution is 2.19. The highest BCUT2D eigenvalue weighted by atomic mass is 16.5. The van der Waals surface area contributed by atoms with Gasteiger partial charge in [-0.15, -0.1) is 0 Å². The summed E-state index contributed by atoms with van der Waals surface area (Å²) < 4.78 is 7.34. The molecular weight excluding hydrogens is 244 g/mol. The zero-order chi connectivity index (χ0) is 13.7. The molecule has 0 radical (unpaired) electrons. The van der Waals surface area contributed by atoms with Gasteiger partial charge in [0.25, 0.3) is 5.91 Å². The summed E-state index contributed by atoms with van der Waals surface area (Å²) in [5.41, 5.74) is 6.41. The van der Waals surface area contributed by atoms with Gasteiger partial charge in [0, 0.05) is 25.8 Å². The first-order chi connectivity index (χ1) is 9.15. The summed E-state index contributed by atoms with van der Waals surface area (Å²) in [5.74, 6) is -0.109. The molecule has 0 aliphatic heterocycles. The minimum absolute atomic E-state index is 0.109. The van der Waals surface area contributed by atoms with Crippen molar-refractivity contribution in [1.29, 1.82) is 0 Å². The fraction of sp³-hybridized carbons (Fsp3) is 0.692. The van der Waals surface area contributed by atoms with E-state index in [1.54, 1.807) is 24.1 Å². The number of carbonyl (C=O) groups is 1. The maximum atomic E-state index is 11.7. The van der Waals surface area contributed by atoms with Gasteiger partial charge in [-0.2, -0.15) is 5.10 Å². The lowest BCUT2D eigenvalue weighted by Crippen LogP contribution is -2.33. The molecule has 0 saturated heterocycles. The molecule has 1 aromatic heterocycles. The number of aryl methyl sites for hydroxylation is 1. The van der Waals surface area contributed by atoms with Gasteiger partial charge in [-0.1, -0.05) is 0 Å². The highest BCUT2D eigenvalue weighted by Gasteiger charge is 2.18. The van der Waals surface area contributed by atoms with Crippen LogP contribution in [0.15, 0.2) is 12.4 Å². The fourth-order valence-corrected chi connectivity index (χ4v) is 2.29. The summed E-state index contributed by atoms with van der Waals surface area (Å²) in [6.45, 7) is 1.07. The third-order valence-electron chi connectivity index (χ3n) is 3.43. The average molecular weight is 266 g/mol. The molecule has 1 heterocycles. The summed E-state index contributed by atoms with van der Waals surface area (Å²) in [4.78, 5) is 11.7. The molecule has 6 nitrogen and oxygen atoms in total. The van der Waals surface area contributed by atoms with Gasteiger partial charge in [0.1, 0.15) is 0 Å². The van der Waals surface area contributed by atoms with Crippen molar-refractivity contribution in [3.8, 4) is 0 Å². The van der Waals surface area contributed by atoms with E-state index < -0.39 is 0 Å². The van der Waals surface area contributed by atoms with Crippen LogP contribution in [0.5, 0.6) is 0 Å². The largest absolute Gasteiger partial charge is 0.376 e. The Bertz CT molecular complexity index is 411. The van der Waals surface area contributed by atoms with Crippen LogP contribution < -0.4 is 11.1 Å². The molecule has 2 rings (SSSR count). The van der Waals surface area contributed by atoms with E-state index in [-0.39, 0.29) is 5.91 Å². The Kier molecular flexibility index (Phi) is 4.93. The van der Waals surface area contributed by atoms with Gasteiger partial charge in [-0.25, -0.2) is 0 Å². The molecule has 6 heteroatoms. The first-order valence-corrected chi connectivity index (χ1v) is 6.79. The van der Waals surface area contributed by atoms with Crippen molar-refractivity contribution in [1.82, 2.24) is 15.1 Å². The SMILES string of the molecule is Cn1cc(C(=O)NCCOC2CCC(N)CC2)cn1. The molecule has 1 saturated carbocycles. The van der Waals surface area contributed by atoms with E-state index >= 15 is 0 Å². The van der Waals surface area contributed by atoms with Crippen LogP contribution in [-0.2, 0) is 11.8 Å². The van der Waals surface area contributed by atoms with E-state index in [2.05, 4.69) is 10.4 Å². The first kappa shape index (κ1) is 14.0. The zero-order valence-electron chi connectivity index (χ0n) is 11.3. The first-order valence-electron chi connectivity index (χ1n) is 6.79. The van der Waals surface area contributed by atoms with E-state index in [1.807, 2.05) is 0 Å². The van der Waals surface area contributed by atoms with Crippen molar-refractivity contribution in [3.05, 3.63) is 18.0 Å². The lowest BCUT2D eigenvalue weighted by atomic mass is 9.94. The van der Waals surface area contributed by atoms with E-state index in [9.17, 15) is 4.79 Å². The molecule has 19 heavy (non-hydrogen) atoms. The van der Waals surface area contributed by atoms with Crippen molar-refractivity contribution in [3.63, 3.8) is 0 Å². The lowest BCUT2D eigenvalue weighted by Gasteiger charge is -2.26. The molecule has 0 aromatic carbocycles. The molecule has 1 aliphatic carbocycles. The van der Waals surface area contributed by atoms with Crippen LogP contribution >= 0.6 is 0 Å². The number of amides is 1. The van der Waals surface area contributed by atoms with Crippen LogP contribution in [0.2, 0.25) is 0 Å². The van der Waals surface area contributed by atoms with E-state index in [0.717, 1.165) is 25.7 Å². The van der Waals surface area contributed by atoms with E-state index in [4.69, 9.17) is 10.5 Å². The second-order valence-corrected chi connectivity index (χ2v) is 5.07. The van der Waals surface area contributed by atoms with Crippen LogP contribution in [0.1, 0.15) is 36.0 Å². The standard InChI is InChI=1S/C13H22N4O2/c1-17-9-10(8-16-17)13(18)15-6-7-19-12-4-2-11(14)3-5-12/h8-9,11-12H,2-7,14H2,1H3,(H,15,18). The molecule has 0 atom stereocenters. The van der Waals surface area contributed by atoms with Gasteiger partial charge in [0.2, 0.25) is 0 Å². The second kappa shape index (κ2) is 6.68. The van der Waals surface area contributed by atoms with Crippen LogP contribution in [0, 0.1) is 0 Å². The summed E-state index contributed by atoms with van der Waals surface area (Å²) in [6.07, 6.45) is 7.67. The fourth-order valence-electron chi connectivity index (χ4n) is 2.29. The van der Waals surface area contributed by atoms with Gasteiger partial charge in [-0.05, 0) is 25.7 Å². The van der Waals surface area contributed by atoms with Gasteiger partial charge in [0.05, 0.1) is 24.5 Å². The molecule has 0 unspecified atom stereocenters. The van der Waals surface area contributed by atoms with Crippen LogP contribution in [0.25, 0.3) is 0 Å². The van der Waals surface area contributed by atoms with Gasteiger partial charge >= 0.3 is 0 Å². The molecule has 1 aliphatic rings. The van der Waals surface area contributed by atoms with Crippen molar-refractivity contribution >= 4 is 5.91 Å². The van der Waals surface area contributed by atoms with E-state index in [0.29, 0.717) is 30.9 Å². The number of rotatable bonds is 5. The topological polar surface area (TPSA) is 82.2 Å². The summed E-state index contributed by atoms with van der Waals surface area (Å²) in [5, 5.41) is 6.78. The van der Waals surface area contributed by atoms with Crippen molar-refractivity contribution < 1.29 is 9.53 Å². The number of carbonyl (C=O) groups excluding carboxylic acids is 1. The highest BCUT2D eigenvalue weighted by molar-refractivity contribution is 5.93. The van der Waals surface area contributed by atoms with Crippen LogP contribution in [0.3, 0.4) is 0 Å². The molecule has 1 aromatic rings. The number of nitrogens with two attached hydrogens (primary N) is 1. The molecular formula is C13H22N4O2. The number of hydrogen-bond acceptors (Lipinski definition) is 4. The molecule has 1 amide bonds. The monoisotopic (exact) mass is 266 g/mol. The molecule has 0 spiro atoms. The maximum absolute atomic E-state index is 11.7. The van der Waals surface area contributed by atoms with Crippen LogP contribution in [-0.4, -0.2) is 41.0 Å². The minimum atomic E-state index is -0.109. The quantitative estimate of drug-likeness (QED) is 0.757. The summed E-state index contributed by atoms with van der Waals surface area (Å²) in [6, 6.07) is 0.338. The molecule has 3 N–H and O–H groups in total. The second-order valence-electron chi connectivity index (χ2n) is 5.07. The van der Waals surface area contributed by atoms with Gasteiger partial charge in [-0.3, -0.25) is 9.48 Å². The number of nitrogens with zero attached hydrogens (tertiary/aromatic N) is 2. The smallest absolute Gasteiger partial charge is 0.254 e. The van der Waals surface area contributed by atoms with Gasteiger partial charge in [0.15, 0.2) is 0 Å². The number of ether oxygens (including phenoxy) is 1. The van der Waals surface area contributed by atoms with Crippen molar-refractivity contribution in [2.24, 2.45) is 12.8 Å².